The van der Waals surface area contributed by atoms with Gasteiger partial charge >= 0.3 is 6.03 Å². The van der Waals surface area contributed by atoms with Gasteiger partial charge in [-0.2, -0.15) is 0 Å². The lowest BCUT2D eigenvalue weighted by Crippen LogP contribution is -2.47. The van der Waals surface area contributed by atoms with E-state index < -0.39 is 9.84 Å². The van der Waals surface area contributed by atoms with Gasteiger partial charge in [-0.15, -0.1) is 0 Å². The molecule has 0 unspecified atom stereocenters. The fourth-order valence-corrected chi connectivity index (χ4v) is 3.50. The van der Waals surface area contributed by atoms with E-state index in [0.29, 0.717) is 6.54 Å². The van der Waals surface area contributed by atoms with Crippen molar-refractivity contribution in [2.24, 2.45) is 5.41 Å². The summed E-state index contributed by atoms with van der Waals surface area (Å²) in [5, 5.41) is 2.90. The third-order valence-electron chi connectivity index (χ3n) is 3.77. The first-order valence-corrected chi connectivity index (χ1v) is 9.78. The fourth-order valence-electron chi connectivity index (χ4n) is 2.40. The molecule has 130 valence electrons. The Morgan fingerprint density at radius 3 is 2.35 bits per heavy atom. The molecule has 2 amide bonds. The van der Waals surface area contributed by atoms with Gasteiger partial charge in [-0.1, -0.05) is 44.2 Å². The standard InChI is InChI=1S/C17H28N2O3S/c1-14(12-23(5,21)22)19(4)16(20)18-13-17(2,3)11-15-9-7-6-8-10-15/h6-10,14H,11-13H2,1-5H3,(H,18,20)/t14-/m0/s1. The maximum atomic E-state index is 12.2. The lowest BCUT2D eigenvalue weighted by molar-refractivity contribution is 0.192. The van der Waals surface area contributed by atoms with Crippen molar-refractivity contribution in [3.05, 3.63) is 35.9 Å². The Kier molecular flexibility index (Phi) is 6.62. The lowest BCUT2D eigenvalue weighted by atomic mass is 9.86. The van der Waals surface area contributed by atoms with Crippen molar-refractivity contribution in [1.82, 2.24) is 10.2 Å². The second-order valence-corrected chi connectivity index (χ2v) is 9.22. The summed E-state index contributed by atoms with van der Waals surface area (Å²) in [6.07, 6.45) is 2.04. The predicted molar refractivity (Wildman–Crippen MR) is 94.3 cm³/mol. The molecule has 0 aliphatic heterocycles. The molecule has 0 bridgehead atoms. The van der Waals surface area contributed by atoms with Crippen LogP contribution in [0.1, 0.15) is 26.3 Å². The second-order valence-electron chi connectivity index (χ2n) is 7.04. The van der Waals surface area contributed by atoms with Crippen LogP contribution in [0.25, 0.3) is 0 Å². The van der Waals surface area contributed by atoms with Crippen LogP contribution in [0.4, 0.5) is 4.79 Å². The number of nitrogens with one attached hydrogen (secondary N) is 1. The largest absolute Gasteiger partial charge is 0.337 e. The number of benzene rings is 1. The van der Waals surface area contributed by atoms with Crippen molar-refractivity contribution in [3.63, 3.8) is 0 Å². The SMILES string of the molecule is C[C@@H](CS(C)(=O)=O)N(C)C(=O)NCC(C)(C)Cc1ccccc1. The molecule has 0 fully saturated rings. The Morgan fingerprint density at radius 1 is 1.26 bits per heavy atom. The second kappa shape index (κ2) is 7.81. The van der Waals surface area contributed by atoms with Crippen LogP contribution in [0.3, 0.4) is 0 Å². The number of carbonyl (C=O) groups excluding carboxylic acids is 1. The molecule has 0 aliphatic rings. The maximum absolute atomic E-state index is 12.2. The zero-order chi connectivity index (χ0) is 17.7. The monoisotopic (exact) mass is 340 g/mol. The van der Waals surface area contributed by atoms with E-state index in [9.17, 15) is 13.2 Å². The first kappa shape index (κ1) is 19.5. The van der Waals surface area contributed by atoms with Crippen LogP contribution in [0.5, 0.6) is 0 Å². The highest BCUT2D eigenvalue weighted by atomic mass is 32.2. The molecule has 6 heteroatoms. The number of amides is 2. The summed E-state index contributed by atoms with van der Waals surface area (Å²) < 4.78 is 22.7. The number of nitrogens with zero attached hydrogens (tertiary/aromatic N) is 1. The molecule has 1 aromatic carbocycles. The van der Waals surface area contributed by atoms with Gasteiger partial charge in [0, 0.05) is 25.9 Å². The minimum Gasteiger partial charge on any atom is -0.337 e. The highest BCUT2D eigenvalue weighted by molar-refractivity contribution is 7.90. The molecule has 5 nitrogen and oxygen atoms in total. The molecule has 1 atom stereocenters. The Bertz CT molecular complexity index is 612. The summed E-state index contributed by atoms with van der Waals surface area (Å²) in [6, 6.07) is 9.53. The van der Waals surface area contributed by atoms with E-state index in [1.54, 1.807) is 14.0 Å². The minimum atomic E-state index is -3.11. The number of sulfone groups is 1. The van der Waals surface area contributed by atoms with E-state index in [2.05, 4.69) is 31.3 Å². The number of hydrogen-bond acceptors (Lipinski definition) is 3. The predicted octanol–water partition coefficient (Wildman–Crippen LogP) is 2.33. The summed E-state index contributed by atoms with van der Waals surface area (Å²) in [5.41, 5.74) is 1.14. The Balaban J connectivity index is 2.53. The molecule has 0 heterocycles. The smallest absolute Gasteiger partial charge is 0.317 e. The first-order valence-electron chi connectivity index (χ1n) is 7.72. The van der Waals surface area contributed by atoms with Gasteiger partial charge in [0.2, 0.25) is 0 Å². The van der Waals surface area contributed by atoms with E-state index in [4.69, 9.17) is 0 Å². The molecule has 1 rings (SSSR count). The highest BCUT2D eigenvalue weighted by Crippen LogP contribution is 2.20. The van der Waals surface area contributed by atoms with E-state index >= 15 is 0 Å². The lowest BCUT2D eigenvalue weighted by Gasteiger charge is -2.29. The summed E-state index contributed by atoms with van der Waals surface area (Å²) in [6.45, 7) is 6.45. The normalized spacial score (nSPS) is 13.4. The zero-order valence-corrected chi connectivity index (χ0v) is 15.5. The van der Waals surface area contributed by atoms with Gasteiger partial charge in [0.1, 0.15) is 9.84 Å². The summed E-state index contributed by atoms with van der Waals surface area (Å²) in [7, 11) is -1.49. The van der Waals surface area contributed by atoms with Crippen molar-refractivity contribution in [2.45, 2.75) is 33.2 Å². The van der Waals surface area contributed by atoms with Gasteiger partial charge in [-0.05, 0) is 24.3 Å². The van der Waals surface area contributed by atoms with Gasteiger partial charge in [0.05, 0.1) is 5.75 Å². The average Bonchev–Trinajstić information content (AvgIpc) is 2.43. The van der Waals surface area contributed by atoms with Crippen molar-refractivity contribution < 1.29 is 13.2 Å². The van der Waals surface area contributed by atoms with Crippen molar-refractivity contribution in [1.29, 1.82) is 0 Å². The van der Waals surface area contributed by atoms with Gasteiger partial charge in [-0.25, -0.2) is 13.2 Å². The van der Waals surface area contributed by atoms with Gasteiger partial charge in [0.25, 0.3) is 0 Å². The molecule has 0 saturated carbocycles. The van der Waals surface area contributed by atoms with Crippen LogP contribution in [0.15, 0.2) is 30.3 Å². The molecular formula is C17H28N2O3S. The number of carbonyl (C=O) groups is 1. The third kappa shape index (κ3) is 7.50. The topological polar surface area (TPSA) is 66.5 Å². The molecule has 23 heavy (non-hydrogen) atoms. The molecule has 0 spiro atoms. The molecule has 0 saturated heterocycles. The Labute approximate surface area is 140 Å². The molecule has 0 radical (unpaired) electrons. The number of urea groups is 1. The van der Waals surface area contributed by atoms with E-state index in [-0.39, 0.29) is 23.2 Å². The molecule has 0 aliphatic carbocycles. The fraction of sp³-hybridized carbons (Fsp3) is 0.588. The van der Waals surface area contributed by atoms with Gasteiger partial charge < -0.3 is 10.2 Å². The highest BCUT2D eigenvalue weighted by Gasteiger charge is 2.23. The van der Waals surface area contributed by atoms with E-state index in [1.807, 2.05) is 18.2 Å². The third-order valence-corrected chi connectivity index (χ3v) is 4.86. The summed E-state index contributed by atoms with van der Waals surface area (Å²) in [4.78, 5) is 13.6. The van der Waals surface area contributed by atoms with Crippen molar-refractivity contribution in [2.75, 3.05) is 25.6 Å². The number of hydrogen-bond donors (Lipinski definition) is 1. The molecule has 0 aromatic heterocycles. The minimum absolute atomic E-state index is 0.0374. The van der Waals surface area contributed by atoms with Crippen LogP contribution in [-0.2, 0) is 16.3 Å². The maximum Gasteiger partial charge on any atom is 0.317 e. The van der Waals surface area contributed by atoms with Gasteiger partial charge in [-0.3, -0.25) is 0 Å². The summed E-state index contributed by atoms with van der Waals surface area (Å²) in [5.74, 6) is -0.0374. The van der Waals surface area contributed by atoms with E-state index in [0.717, 1.165) is 6.42 Å². The van der Waals surface area contributed by atoms with Crippen LogP contribution < -0.4 is 5.32 Å². The van der Waals surface area contributed by atoms with Crippen molar-refractivity contribution >= 4 is 15.9 Å². The molecule has 1 N–H and O–H groups in total. The summed E-state index contributed by atoms with van der Waals surface area (Å²) >= 11 is 0. The quantitative estimate of drug-likeness (QED) is 0.828. The molecular weight excluding hydrogens is 312 g/mol. The molecule has 1 aromatic rings. The first-order chi connectivity index (χ1) is 10.5. The van der Waals surface area contributed by atoms with Crippen LogP contribution >= 0.6 is 0 Å². The van der Waals surface area contributed by atoms with Crippen LogP contribution in [-0.4, -0.2) is 51.0 Å². The Hall–Kier alpha value is -1.56. The number of rotatable bonds is 7. The van der Waals surface area contributed by atoms with Crippen LogP contribution in [0.2, 0.25) is 0 Å². The average molecular weight is 340 g/mol. The van der Waals surface area contributed by atoms with Crippen LogP contribution in [0, 0.1) is 5.41 Å². The van der Waals surface area contributed by atoms with Gasteiger partial charge in [0.15, 0.2) is 0 Å². The van der Waals surface area contributed by atoms with Crippen molar-refractivity contribution in [3.8, 4) is 0 Å². The zero-order valence-electron chi connectivity index (χ0n) is 14.7. The Morgan fingerprint density at radius 2 is 1.83 bits per heavy atom. The van der Waals surface area contributed by atoms with E-state index in [1.165, 1.54) is 16.7 Å².